The number of urea groups is 1. The van der Waals surface area contributed by atoms with Crippen LogP contribution in [0.5, 0.6) is 0 Å². The van der Waals surface area contributed by atoms with Gasteiger partial charge in [-0.2, -0.15) is 0 Å². The van der Waals surface area contributed by atoms with Gasteiger partial charge >= 0.3 is 12.1 Å². The third-order valence-electron chi connectivity index (χ3n) is 4.61. The second-order valence-corrected chi connectivity index (χ2v) is 6.50. The van der Waals surface area contributed by atoms with Crippen LogP contribution in [0.3, 0.4) is 0 Å². The lowest BCUT2D eigenvalue weighted by atomic mass is 10.1. The van der Waals surface area contributed by atoms with Crippen molar-refractivity contribution in [2.24, 2.45) is 0 Å². The van der Waals surface area contributed by atoms with Crippen LogP contribution in [0.25, 0.3) is 11.1 Å². The van der Waals surface area contributed by atoms with Gasteiger partial charge in [0.1, 0.15) is 0 Å². The van der Waals surface area contributed by atoms with E-state index in [0.29, 0.717) is 19.7 Å². The molecule has 0 radical (unpaired) electrons. The molecule has 1 aliphatic heterocycles. The van der Waals surface area contributed by atoms with E-state index in [0.717, 1.165) is 29.7 Å². The Labute approximate surface area is 159 Å². The number of benzene rings is 2. The molecule has 142 valence electrons. The van der Waals surface area contributed by atoms with Crippen LogP contribution in [-0.2, 0) is 4.74 Å². The average Bonchev–Trinajstić information content (AvgIpc) is 2.70. The Kier molecular flexibility index (Phi) is 6.30. The fourth-order valence-electron chi connectivity index (χ4n) is 3.15. The van der Waals surface area contributed by atoms with Crippen molar-refractivity contribution >= 4 is 17.8 Å². The fraction of sp³-hybridized carbons (Fsp3) is 0.333. The molecule has 0 aliphatic carbocycles. The number of likely N-dealkylation sites (tertiary alicyclic amines) is 1. The number of amides is 3. The zero-order chi connectivity index (χ0) is 19.1. The monoisotopic (exact) mass is 367 g/mol. The third-order valence-corrected chi connectivity index (χ3v) is 4.61. The van der Waals surface area contributed by atoms with Crippen molar-refractivity contribution in [3.63, 3.8) is 0 Å². The largest absolute Gasteiger partial charge is 0.450 e. The summed E-state index contributed by atoms with van der Waals surface area (Å²) in [6, 6.07) is 17.7. The molecule has 6 heteroatoms. The summed E-state index contributed by atoms with van der Waals surface area (Å²) < 4.78 is 5.01. The van der Waals surface area contributed by atoms with E-state index < -0.39 is 0 Å². The highest BCUT2D eigenvalue weighted by atomic mass is 16.6. The molecule has 1 fully saturated rings. The SMILES string of the molecule is CCOC(=O)N1CCC(NC(=O)Nc2ccc(-c3ccccc3)cc2)CC1. The number of nitrogens with one attached hydrogen (secondary N) is 2. The number of anilines is 1. The maximum atomic E-state index is 12.2. The van der Waals surface area contributed by atoms with Crippen LogP contribution in [0.2, 0.25) is 0 Å². The Morgan fingerprint density at radius 3 is 2.26 bits per heavy atom. The molecule has 6 nitrogen and oxygen atoms in total. The zero-order valence-electron chi connectivity index (χ0n) is 15.5. The summed E-state index contributed by atoms with van der Waals surface area (Å²) >= 11 is 0. The van der Waals surface area contributed by atoms with Crippen LogP contribution < -0.4 is 10.6 Å². The molecule has 2 aromatic carbocycles. The maximum Gasteiger partial charge on any atom is 0.409 e. The number of hydrogen-bond donors (Lipinski definition) is 2. The molecule has 2 aromatic rings. The molecule has 27 heavy (non-hydrogen) atoms. The first-order valence-electron chi connectivity index (χ1n) is 9.30. The van der Waals surface area contributed by atoms with Crippen molar-refractivity contribution in [2.75, 3.05) is 25.0 Å². The van der Waals surface area contributed by atoms with Crippen molar-refractivity contribution in [3.05, 3.63) is 54.6 Å². The molecular weight excluding hydrogens is 342 g/mol. The molecular formula is C21H25N3O3. The molecule has 3 rings (SSSR count). The molecule has 0 spiro atoms. The van der Waals surface area contributed by atoms with E-state index >= 15 is 0 Å². The van der Waals surface area contributed by atoms with Crippen molar-refractivity contribution in [2.45, 2.75) is 25.8 Å². The number of piperidine rings is 1. The van der Waals surface area contributed by atoms with E-state index in [1.54, 1.807) is 11.8 Å². The van der Waals surface area contributed by atoms with Gasteiger partial charge in [0.15, 0.2) is 0 Å². The molecule has 0 bridgehead atoms. The van der Waals surface area contributed by atoms with Crippen molar-refractivity contribution < 1.29 is 14.3 Å². The smallest absolute Gasteiger partial charge is 0.409 e. The van der Waals surface area contributed by atoms with Gasteiger partial charge in [0, 0.05) is 24.8 Å². The normalized spacial score (nSPS) is 14.5. The molecule has 1 aliphatic rings. The summed E-state index contributed by atoms with van der Waals surface area (Å²) in [6.45, 7) is 3.36. The summed E-state index contributed by atoms with van der Waals surface area (Å²) in [4.78, 5) is 25.6. The van der Waals surface area contributed by atoms with Gasteiger partial charge in [-0.05, 0) is 43.0 Å². The topological polar surface area (TPSA) is 70.7 Å². The van der Waals surface area contributed by atoms with Gasteiger partial charge in [-0.1, -0.05) is 42.5 Å². The van der Waals surface area contributed by atoms with E-state index in [-0.39, 0.29) is 18.2 Å². The number of rotatable bonds is 4. The number of nitrogens with zero attached hydrogens (tertiary/aromatic N) is 1. The van der Waals surface area contributed by atoms with Crippen LogP contribution in [0.15, 0.2) is 54.6 Å². The first kappa shape index (κ1) is 18.8. The van der Waals surface area contributed by atoms with Crippen LogP contribution in [0.4, 0.5) is 15.3 Å². The molecule has 1 heterocycles. The lowest BCUT2D eigenvalue weighted by Gasteiger charge is -2.31. The molecule has 1 saturated heterocycles. The van der Waals surface area contributed by atoms with E-state index in [1.807, 2.05) is 42.5 Å². The van der Waals surface area contributed by atoms with Crippen LogP contribution in [-0.4, -0.2) is 42.8 Å². The second kappa shape index (κ2) is 9.07. The van der Waals surface area contributed by atoms with Gasteiger partial charge in [0.25, 0.3) is 0 Å². The molecule has 0 unspecified atom stereocenters. The summed E-state index contributed by atoms with van der Waals surface area (Å²) in [5.41, 5.74) is 2.99. The Morgan fingerprint density at radius 1 is 1.00 bits per heavy atom. The molecule has 2 N–H and O–H groups in total. The predicted molar refractivity (Wildman–Crippen MR) is 106 cm³/mol. The van der Waals surface area contributed by atoms with Gasteiger partial charge in [0.2, 0.25) is 0 Å². The standard InChI is InChI=1S/C21H25N3O3/c1-2-27-21(26)24-14-12-19(13-15-24)23-20(25)22-18-10-8-17(9-11-18)16-6-4-3-5-7-16/h3-11,19H,2,12-15H2,1H3,(H2,22,23,25). The van der Waals surface area contributed by atoms with E-state index in [9.17, 15) is 9.59 Å². The minimum absolute atomic E-state index is 0.0549. The van der Waals surface area contributed by atoms with E-state index in [2.05, 4.69) is 22.8 Å². The fourth-order valence-corrected chi connectivity index (χ4v) is 3.15. The number of ether oxygens (including phenoxy) is 1. The van der Waals surface area contributed by atoms with Gasteiger partial charge in [-0.3, -0.25) is 0 Å². The Hall–Kier alpha value is -3.02. The Bertz CT molecular complexity index is 754. The molecule has 0 atom stereocenters. The number of carbonyl (C=O) groups is 2. The van der Waals surface area contributed by atoms with Crippen molar-refractivity contribution in [1.82, 2.24) is 10.2 Å². The quantitative estimate of drug-likeness (QED) is 0.855. The van der Waals surface area contributed by atoms with Gasteiger partial charge in [-0.15, -0.1) is 0 Å². The maximum absolute atomic E-state index is 12.2. The molecule has 0 aromatic heterocycles. The van der Waals surface area contributed by atoms with Crippen LogP contribution in [0.1, 0.15) is 19.8 Å². The van der Waals surface area contributed by atoms with Gasteiger partial charge in [-0.25, -0.2) is 9.59 Å². The van der Waals surface area contributed by atoms with Crippen molar-refractivity contribution in [1.29, 1.82) is 0 Å². The average molecular weight is 367 g/mol. The number of carbonyl (C=O) groups excluding carboxylic acids is 2. The van der Waals surface area contributed by atoms with E-state index in [1.165, 1.54) is 0 Å². The third kappa shape index (κ3) is 5.23. The minimum Gasteiger partial charge on any atom is -0.450 e. The summed E-state index contributed by atoms with van der Waals surface area (Å²) in [5, 5.41) is 5.84. The minimum atomic E-state index is -0.279. The van der Waals surface area contributed by atoms with Crippen LogP contribution in [0, 0.1) is 0 Å². The summed E-state index contributed by atoms with van der Waals surface area (Å²) in [6.07, 6.45) is 1.16. The first-order chi connectivity index (χ1) is 13.2. The lowest BCUT2D eigenvalue weighted by molar-refractivity contribution is 0.0959. The zero-order valence-corrected chi connectivity index (χ0v) is 15.5. The second-order valence-electron chi connectivity index (χ2n) is 6.50. The first-order valence-corrected chi connectivity index (χ1v) is 9.30. The Balaban J connectivity index is 1.47. The lowest BCUT2D eigenvalue weighted by Crippen LogP contribution is -2.47. The molecule has 3 amide bonds. The summed E-state index contributed by atoms with van der Waals surface area (Å²) in [5.74, 6) is 0. The van der Waals surface area contributed by atoms with Gasteiger partial charge in [0.05, 0.1) is 6.61 Å². The van der Waals surface area contributed by atoms with Gasteiger partial charge < -0.3 is 20.3 Å². The highest BCUT2D eigenvalue weighted by Crippen LogP contribution is 2.21. The predicted octanol–water partition coefficient (Wildman–Crippen LogP) is 4.10. The highest BCUT2D eigenvalue weighted by molar-refractivity contribution is 5.89. The molecule has 0 saturated carbocycles. The Morgan fingerprint density at radius 2 is 1.63 bits per heavy atom. The van der Waals surface area contributed by atoms with Crippen molar-refractivity contribution in [3.8, 4) is 11.1 Å². The summed E-state index contributed by atoms with van der Waals surface area (Å²) in [7, 11) is 0. The highest BCUT2D eigenvalue weighted by Gasteiger charge is 2.24. The van der Waals surface area contributed by atoms with Crippen LogP contribution >= 0.6 is 0 Å². The number of hydrogen-bond acceptors (Lipinski definition) is 3. The van der Waals surface area contributed by atoms with E-state index in [4.69, 9.17) is 4.74 Å².